The van der Waals surface area contributed by atoms with Crippen LogP contribution in [0.4, 0.5) is 4.39 Å². The topological polar surface area (TPSA) is 53.0 Å². The SMILES string of the molecule is C[C@H]1CO[C@H](Cc2ccc(F)cc2)CN1C(=O)CN1CC[C@@](O)(c2ccc(Cl)cc2)C(C)(C)C1. The lowest BCUT2D eigenvalue weighted by molar-refractivity contribution is -0.152. The van der Waals surface area contributed by atoms with Gasteiger partial charge in [0.15, 0.2) is 0 Å². The lowest BCUT2D eigenvalue weighted by Crippen LogP contribution is -2.58. The zero-order valence-corrected chi connectivity index (χ0v) is 20.9. The standard InChI is InChI=1S/C27H34ClFN2O3/c1-19-17-34-24(14-20-4-10-23(29)11-5-20)15-31(19)25(32)16-30-13-12-27(33,26(2,3)18-30)21-6-8-22(28)9-7-21/h4-11,19,24,33H,12-18H2,1-3H3/t19-,24+,27+/m0/s1. The summed E-state index contributed by atoms with van der Waals surface area (Å²) in [6.45, 7) is 8.66. The van der Waals surface area contributed by atoms with Crippen LogP contribution < -0.4 is 0 Å². The molecule has 1 amide bonds. The van der Waals surface area contributed by atoms with Gasteiger partial charge in [-0.05, 0) is 48.7 Å². The minimum absolute atomic E-state index is 0.000711. The summed E-state index contributed by atoms with van der Waals surface area (Å²) >= 11 is 6.04. The average Bonchev–Trinajstić information content (AvgIpc) is 2.79. The Morgan fingerprint density at radius 2 is 1.85 bits per heavy atom. The maximum Gasteiger partial charge on any atom is 0.237 e. The van der Waals surface area contributed by atoms with Gasteiger partial charge in [-0.25, -0.2) is 4.39 Å². The first-order valence-electron chi connectivity index (χ1n) is 11.9. The van der Waals surface area contributed by atoms with Crippen LogP contribution in [0.3, 0.4) is 0 Å². The molecule has 2 aromatic carbocycles. The highest BCUT2D eigenvalue weighted by Gasteiger charge is 2.49. The number of likely N-dealkylation sites (tertiary alicyclic amines) is 1. The molecule has 3 atom stereocenters. The van der Waals surface area contributed by atoms with Gasteiger partial charge in [-0.15, -0.1) is 0 Å². The average molecular weight is 489 g/mol. The highest BCUT2D eigenvalue weighted by Crippen LogP contribution is 2.46. The molecule has 0 radical (unpaired) electrons. The van der Waals surface area contributed by atoms with E-state index < -0.39 is 11.0 Å². The van der Waals surface area contributed by atoms with Crippen LogP contribution in [0.1, 0.15) is 38.3 Å². The number of ether oxygens (including phenoxy) is 1. The molecule has 0 aromatic heterocycles. The third-order valence-electron chi connectivity index (χ3n) is 7.41. The highest BCUT2D eigenvalue weighted by atomic mass is 35.5. The van der Waals surface area contributed by atoms with E-state index in [2.05, 4.69) is 4.90 Å². The van der Waals surface area contributed by atoms with E-state index in [4.69, 9.17) is 16.3 Å². The van der Waals surface area contributed by atoms with Crippen molar-refractivity contribution in [3.8, 4) is 0 Å². The number of benzene rings is 2. The van der Waals surface area contributed by atoms with Crippen LogP contribution in [0.25, 0.3) is 0 Å². The molecule has 0 unspecified atom stereocenters. The molecule has 4 rings (SSSR count). The number of hydrogen-bond acceptors (Lipinski definition) is 4. The predicted molar refractivity (Wildman–Crippen MR) is 131 cm³/mol. The van der Waals surface area contributed by atoms with Crippen LogP contribution >= 0.6 is 11.6 Å². The monoisotopic (exact) mass is 488 g/mol. The zero-order valence-electron chi connectivity index (χ0n) is 20.1. The van der Waals surface area contributed by atoms with Gasteiger partial charge in [0.05, 0.1) is 30.9 Å². The van der Waals surface area contributed by atoms with E-state index in [1.54, 1.807) is 12.1 Å². The van der Waals surface area contributed by atoms with Crippen molar-refractivity contribution in [1.82, 2.24) is 9.80 Å². The maximum atomic E-state index is 13.3. The first kappa shape index (κ1) is 25.1. The summed E-state index contributed by atoms with van der Waals surface area (Å²) in [4.78, 5) is 17.4. The Balaban J connectivity index is 1.38. The first-order valence-corrected chi connectivity index (χ1v) is 12.3. The molecule has 0 aliphatic carbocycles. The molecule has 1 N–H and O–H groups in total. The number of piperidine rings is 1. The maximum absolute atomic E-state index is 13.3. The molecule has 2 heterocycles. The van der Waals surface area contributed by atoms with Gasteiger partial charge in [0.2, 0.25) is 5.91 Å². The number of carbonyl (C=O) groups excluding carboxylic acids is 1. The summed E-state index contributed by atoms with van der Waals surface area (Å²) in [6.07, 6.45) is 1.07. The van der Waals surface area contributed by atoms with Gasteiger partial charge in [-0.3, -0.25) is 9.69 Å². The van der Waals surface area contributed by atoms with Crippen LogP contribution in [0.15, 0.2) is 48.5 Å². The Hall–Kier alpha value is -1.99. The lowest BCUT2D eigenvalue weighted by atomic mass is 9.66. The number of carbonyl (C=O) groups is 1. The van der Waals surface area contributed by atoms with E-state index in [0.29, 0.717) is 50.7 Å². The molecule has 184 valence electrons. The molecule has 7 heteroatoms. The molecule has 5 nitrogen and oxygen atoms in total. The fourth-order valence-corrected chi connectivity index (χ4v) is 5.40. The molecule has 2 aliphatic heterocycles. The quantitative estimate of drug-likeness (QED) is 0.683. The second kappa shape index (κ2) is 9.94. The largest absolute Gasteiger partial charge is 0.385 e. The van der Waals surface area contributed by atoms with Gasteiger partial charge < -0.3 is 14.7 Å². The van der Waals surface area contributed by atoms with Crippen molar-refractivity contribution in [2.45, 2.75) is 51.4 Å². The van der Waals surface area contributed by atoms with Crippen molar-refractivity contribution < 1.29 is 19.0 Å². The summed E-state index contributed by atoms with van der Waals surface area (Å²) < 4.78 is 19.2. The van der Waals surface area contributed by atoms with Gasteiger partial charge in [-0.1, -0.05) is 49.7 Å². The number of rotatable bonds is 5. The summed E-state index contributed by atoms with van der Waals surface area (Å²) in [6, 6.07) is 13.8. The van der Waals surface area contributed by atoms with Crippen molar-refractivity contribution in [3.05, 3.63) is 70.5 Å². The summed E-state index contributed by atoms with van der Waals surface area (Å²) in [7, 11) is 0. The van der Waals surface area contributed by atoms with E-state index >= 15 is 0 Å². The second-order valence-electron chi connectivity index (χ2n) is 10.4. The van der Waals surface area contributed by atoms with E-state index in [-0.39, 0.29) is 23.9 Å². The van der Waals surface area contributed by atoms with Gasteiger partial charge in [0, 0.05) is 36.5 Å². The number of halogens is 2. The molecular formula is C27H34ClFN2O3. The Morgan fingerprint density at radius 1 is 1.18 bits per heavy atom. The molecule has 2 saturated heterocycles. The Bertz CT molecular complexity index is 998. The van der Waals surface area contributed by atoms with Crippen molar-refractivity contribution in [3.63, 3.8) is 0 Å². The number of nitrogens with zero attached hydrogens (tertiary/aromatic N) is 2. The molecule has 2 fully saturated rings. The van der Waals surface area contributed by atoms with E-state index in [1.807, 2.05) is 49.9 Å². The van der Waals surface area contributed by atoms with Gasteiger partial charge in [-0.2, -0.15) is 0 Å². The van der Waals surface area contributed by atoms with Gasteiger partial charge >= 0.3 is 0 Å². The predicted octanol–water partition coefficient (Wildman–Crippen LogP) is 4.26. The normalized spacial score (nSPS) is 27.5. The lowest BCUT2D eigenvalue weighted by Gasteiger charge is -2.51. The van der Waals surface area contributed by atoms with Crippen LogP contribution in [-0.4, -0.2) is 65.7 Å². The van der Waals surface area contributed by atoms with Gasteiger partial charge in [0.1, 0.15) is 5.82 Å². The molecule has 0 saturated carbocycles. The fraction of sp³-hybridized carbons (Fsp3) is 0.519. The summed E-state index contributed by atoms with van der Waals surface area (Å²) in [5, 5.41) is 12.2. The summed E-state index contributed by atoms with van der Waals surface area (Å²) in [5.41, 5.74) is 0.427. The number of amides is 1. The first-order chi connectivity index (χ1) is 16.1. The highest BCUT2D eigenvalue weighted by molar-refractivity contribution is 6.30. The van der Waals surface area contributed by atoms with Crippen LogP contribution in [-0.2, 0) is 21.6 Å². The zero-order chi connectivity index (χ0) is 24.5. The minimum Gasteiger partial charge on any atom is -0.385 e. The van der Waals surface area contributed by atoms with Crippen LogP contribution in [0.5, 0.6) is 0 Å². The molecule has 0 bridgehead atoms. The van der Waals surface area contributed by atoms with Crippen LogP contribution in [0, 0.1) is 11.2 Å². The van der Waals surface area contributed by atoms with E-state index in [1.165, 1.54) is 12.1 Å². The summed E-state index contributed by atoms with van der Waals surface area (Å²) in [5.74, 6) is -0.182. The molecule has 0 spiro atoms. The van der Waals surface area contributed by atoms with Gasteiger partial charge in [0.25, 0.3) is 0 Å². The Morgan fingerprint density at radius 3 is 2.50 bits per heavy atom. The number of morpholine rings is 1. The van der Waals surface area contributed by atoms with Crippen molar-refractivity contribution in [2.75, 3.05) is 32.8 Å². The smallest absolute Gasteiger partial charge is 0.237 e. The fourth-order valence-electron chi connectivity index (χ4n) is 5.28. The molecule has 2 aliphatic rings. The van der Waals surface area contributed by atoms with Crippen LogP contribution in [0.2, 0.25) is 5.02 Å². The molecule has 2 aromatic rings. The number of aliphatic hydroxyl groups is 1. The van der Waals surface area contributed by atoms with Crippen molar-refractivity contribution in [1.29, 1.82) is 0 Å². The Kier molecular flexibility index (Phi) is 7.34. The molecule has 34 heavy (non-hydrogen) atoms. The van der Waals surface area contributed by atoms with E-state index in [9.17, 15) is 14.3 Å². The van der Waals surface area contributed by atoms with Crippen molar-refractivity contribution >= 4 is 17.5 Å². The van der Waals surface area contributed by atoms with Crippen molar-refractivity contribution in [2.24, 2.45) is 5.41 Å². The molecular weight excluding hydrogens is 455 g/mol. The Labute approximate surface area is 206 Å². The minimum atomic E-state index is -0.982. The third kappa shape index (κ3) is 5.30. The number of hydrogen-bond donors (Lipinski definition) is 1. The second-order valence-corrected chi connectivity index (χ2v) is 10.8. The van der Waals surface area contributed by atoms with E-state index in [0.717, 1.165) is 11.1 Å². The third-order valence-corrected chi connectivity index (χ3v) is 7.66.